The number of nitrogens with one attached hydrogen (secondary N) is 1. The van der Waals surface area contributed by atoms with Gasteiger partial charge in [0, 0.05) is 0 Å². The molecule has 1 amide bonds. The number of aliphatic hydroxyl groups is 1. The highest BCUT2D eigenvalue weighted by molar-refractivity contribution is 5.70. The van der Waals surface area contributed by atoms with Crippen LogP contribution in [0.1, 0.15) is 20.8 Å². The summed E-state index contributed by atoms with van der Waals surface area (Å²) in [7, 11) is 0. The fraction of sp³-hybridized carbons (Fsp3) is 0.545. The predicted octanol–water partition coefficient (Wildman–Crippen LogP) is 0.509. The van der Waals surface area contributed by atoms with E-state index in [-0.39, 0.29) is 0 Å². The van der Waals surface area contributed by atoms with Gasteiger partial charge in [0.1, 0.15) is 5.60 Å². The molecule has 0 fully saturated rings. The molecule has 0 aromatic carbocycles. The van der Waals surface area contributed by atoms with E-state index in [4.69, 9.17) is 22.7 Å². The van der Waals surface area contributed by atoms with Crippen LogP contribution in [0.3, 0.4) is 0 Å². The summed E-state index contributed by atoms with van der Waals surface area (Å²) in [6, 6.07) is 0. The Balaban J connectivity index is 4.55. The van der Waals surface area contributed by atoms with E-state index in [0.29, 0.717) is 0 Å². The number of hydrogen-bond acceptors (Lipinski definition) is 3. The van der Waals surface area contributed by atoms with Gasteiger partial charge >= 0.3 is 6.09 Å². The van der Waals surface area contributed by atoms with Gasteiger partial charge in [-0.15, -0.1) is 12.8 Å². The zero-order chi connectivity index (χ0) is 12.1. The molecular formula is C11H15NO3. The van der Waals surface area contributed by atoms with Crippen LogP contribution < -0.4 is 5.32 Å². The Morgan fingerprint density at radius 1 is 1.40 bits per heavy atom. The number of ether oxygens (including phenoxy) is 1. The SMILES string of the molecule is C#CC(C#C)(CO)NC(=O)OC(C)(C)C. The van der Waals surface area contributed by atoms with Crippen LogP contribution >= 0.6 is 0 Å². The molecule has 0 rings (SSSR count). The number of terminal acetylenes is 2. The van der Waals surface area contributed by atoms with Gasteiger partial charge in [-0.25, -0.2) is 4.79 Å². The summed E-state index contributed by atoms with van der Waals surface area (Å²) in [5.74, 6) is 4.27. The smallest absolute Gasteiger partial charge is 0.409 e. The molecule has 0 unspecified atom stereocenters. The molecule has 0 aromatic heterocycles. The van der Waals surface area contributed by atoms with Crippen LogP contribution in [0.2, 0.25) is 0 Å². The second-order valence-corrected chi connectivity index (χ2v) is 3.98. The quantitative estimate of drug-likeness (QED) is 0.651. The van der Waals surface area contributed by atoms with Crippen molar-refractivity contribution < 1.29 is 14.6 Å². The fourth-order valence-electron chi connectivity index (χ4n) is 0.722. The van der Waals surface area contributed by atoms with Crippen LogP contribution in [0, 0.1) is 24.7 Å². The molecule has 0 aliphatic heterocycles. The molecule has 2 N–H and O–H groups in total. The van der Waals surface area contributed by atoms with E-state index in [0.717, 1.165) is 0 Å². The molecule has 0 aliphatic carbocycles. The van der Waals surface area contributed by atoms with E-state index in [1.807, 2.05) is 0 Å². The lowest BCUT2D eigenvalue weighted by Gasteiger charge is -2.25. The van der Waals surface area contributed by atoms with Crippen molar-refractivity contribution in [2.45, 2.75) is 31.9 Å². The van der Waals surface area contributed by atoms with Crippen LogP contribution in [-0.2, 0) is 4.74 Å². The van der Waals surface area contributed by atoms with Crippen molar-refractivity contribution >= 4 is 6.09 Å². The number of amides is 1. The van der Waals surface area contributed by atoms with Crippen LogP contribution in [0.4, 0.5) is 4.79 Å². The molecular weight excluding hydrogens is 194 g/mol. The first-order valence-corrected chi connectivity index (χ1v) is 4.36. The maximum atomic E-state index is 11.3. The summed E-state index contributed by atoms with van der Waals surface area (Å²) in [5.41, 5.74) is -2.14. The Hall–Kier alpha value is -1.65. The highest BCUT2D eigenvalue weighted by Gasteiger charge is 2.28. The number of aliphatic hydroxyl groups excluding tert-OH is 1. The molecule has 4 nitrogen and oxygen atoms in total. The van der Waals surface area contributed by atoms with E-state index in [1.165, 1.54) is 0 Å². The molecule has 0 heterocycles. The summed E-state index contributed by atoms with van der Waals surface area (Å²) in [4.78, 5) is 11.3. The molecule has 82 valence electrons. The summed E-state index contributed by atoms with van der Waals surface area (Å²) < 4.78 is 4.95. The third-order valence-corrected chi connectivity index (χ3v) is 1.44. The van der Waals surface area contributed by atoms with Crippen LogP contribution in [0.15, 0.2) is 0 Å². The van der Waals surface area contributed by atoms with Gasteiger partial charge in [0.25, 0.3) is 0 Å². The summed E-state index contributed by atoms with van der Waals surface area (Å²) in [6.45, 7) is 4.58. The fourth-order valence-corrected chi connectivity index (χ4v) is 0.722. The zero-order valence-electron chi connectivity index (χ0n) is 9.13. The van der Waals surface area contributed by atoms with Crippen molar-refractivity contribution in [3.8, 4) is 24.7 Å². The molecule has 0 aliphatic rings. The first kappa shape index (κ1) is 13.4. The zero-order valence-corrected chi connectivity index (χ0v) is 9.13. The van der Waals surface area contributed by atoms with Gasteiger partial charge in [-0.1, -0.05) is 11.8 Å². The Morgan fingerprint density at radius 3 is 2.13 bits per heavy atom. The molecule has 0 saturated carbocycles. The number of rotatable bonds is 2. The van der Waals surface area contributed by atoms with E-state index in [2.05, 4.69) is 17.2 Å². The maximum absolute atomic E-state index is 11.3. The number of carbonyl (C=O) groups is 1. The van der Waals surface area contributed by atoms with Gasteiger partial charge in [-0.2, -0.15) is 0 Å². The van der Waals surface area contributed by atoms with E-state index < -0.39 is 23.8 Å². The van der Waals surface area contributed by atoms with Crippen LogP contribution in [0.5, 0.6) is 0 Å². The molecule has 15 heavy (non-hydrogen) atoms. The Bertz CT molecular complexity index is 300. The summed E-state index contributed by atoms with van der Waals surface area (Å²) in [5, 5.41) is 11.2. The standard InChI is InChI=1S/C11H15NO3/c1-6-11(7-2,8-13)12-9(14)15-10(3,4)5/h1-2,13H,8H2,3-5H3,(H,12,14). The van der Waals surface area contributed by atoms with E-state index >= 15 is 0 Å². The second kappa shape index (κ2) is 4.72. The van der Waals surface area contributed by atoms with Gasteiger partial charge in [-0.3, -0.25) is 5.32 Å². The largest absolute Gasteiger partial charge is 0.444 e. The Morgan fingerprint density at radius 2 is 1.87 bits per heavy atom. The molecule has 4 heteroatoms. The van der Waals surface area contributed by atoms with Crippen molar-refractivity contribution in [3.05, 3.63) is 0 Å². The third-order valence-electron chi connectivity index (χ3n) is 1.44. The minimum Gasteiger partial charge on any atom is -0.444 e. The average molecular weight is 209 g/mol. The summed E-state index contributed by atoms with van der Waals surface area (Å²) >= 11 is 0. The van der Waals surface area contributed by atoms with Crippen molar-refractivity contribution in [2.24, 2.45) is 0 Å². The molecule has 0 radical (unpaired) electrons. The molecule has 0 aromatic rings. The second-order valence-electron chi connectivity index (χ2n) is 3.98. The highest BCUT2D eigenvalue weighted by Crippen LogP contribution is 2.08. The molecule has 0 spiro atoms. The van der Waals surface area contributed by atoms with Crippen molar-refractivity contribution in [2.75, 3.05) is 6.61 Å². The van der Waals surface area contributed by atoms with E-state index in [9.17, 15) is 4.79 Å². The lowest BCUT2D eigenvalue weighted by Crippen LogP contribution is -2.50. The lowest BCUT2D eigenvalue weighted by molar-refractivity contribution is 0.0476. The molecule has 0 atom stereocenters. The topological polar surface area (TPSA) is 58.6 Å². The third kappa shape index (κ3) is 4.39. The van der Waals surface area contributed by atoms with Gasteiger partial charge in [0.2, 0.25) is 0 Å². The normalized spacial score (nSPS) is 11.1. The maximum Gasteiger partial charge on any atom is 0.409 e. The monoisotopic (exact) mass is 209 g/mol. The Kier molecular flexibility index (Phi) is 4.21. The molecule has 0 saturated heterocycles. The van der Waals surface area contributed by atoms with Crippen molar-refractivity contribution in [1.29, 1.82) is 0 Å². The van der Waals surface area contributed by atoms with Gasteiger partial charge in [0.05, 0.1) is 6.61 Å². The highest BCUT2D eigenvalue weighted by atomic mass is 16.6. The lowest BCUT2D eigenvalue weighted by atomic mass is 10.0. The number of carbonyl (C=O) groups excluding carboxylic acids is 1. The summed E-state index contributed by atoms with van der Waals surface area (Å²) in [6.07, 6.45) is 9.48. The Labute approximate surface area is 90.0 Å². The van der Waals surface area contributed by atoms with Crippen molar-refractivity contribution in [3.63, 3.8) is 0 Å². The predicted molar refractivity (Wildman–Crippen MR) is 56.9 cm³/mol. The van der Waals surface area contributed by atoms with Crippen molar-refractivity contribution in [1.82, 2.24) is 5.32 Å². The van der Waals surface area contributed by atoms with Gasteiger partial charge in [0.15, 0.2) is 5.54 Å². The minimum absolute atomic E-state index is 0.542. The number of hydrogen-bond donors (Lipinski definition) is 2. The van der Waals surface area contributed by atoms with Crippen LogP contribution in [0.25, 0.3) is 0 Å². The van der Waals surface area contributed by atoms with E-state index in [1.54, 1.807) is 20.8 Å². The van der Waals surface area contributed by atoms with Crippen LogP contribution in [-0.4, -0.2) is 28.9 Å². The number of alkyl carbamates (subject to hydrolysis) is 1. The van der Waals surface area contributed by atoms with Gasteiger partial charge < -0.3 is 9.84 Å². The first-order valence-electron chi connectivity index (χ1n) is 4.36. The molecule has 0 bridgehead atoms. The van der Waals surface area contributed by atoms with Gasteiger partial charge in [-0.05, 0) is 20.8 Å². The first-order chi connectivity index (χ1) is 6.78. The average Bonchev–Trinajstić information content (AvgIpc) is 2.11. The minimum atomic E-state index is -1.50.